The molecule has 1 N–H and O–H groups in total. The molecule has 0 radical (unpaired) electrons. The second-order valence-electron chi connectivity index (χ2n) is 9.44. The number of nitrogens with zero attached hydrogens (tertiary/aromatic N) is 3. The molecule has 0 unspecified atom stereocenters. The molecule has 8 heteroatoms. The van der Waals surface area contributed by atoms with Gasteiger partial charge < -0.3 is 10.1 Å². The molecule has 3 aromatic rings. The lowest BCUT2D eigenvalue weighted by Crippen LogP contribution is -2.25. The van der Waals surface area contributed by atoms with Gasteiger partial charge in [-0.15, -0.1) is 0 Å². The summed E-state index contributed by atoms with van der Waals surface area (Å²) in [5.41, 5.74) is 6.13. The van der Waals surface area contributed by atoms with Crippen molar-refractivity contribution in [3.8, 4) is 5.75 Å². The van der Waals surface area contributed by atoms with Gasteiger partial charge in [0.2, 0.25) is 5.91 Å². The molecule has 194 valence electrons. The minimum Gasteiger partial charge on any atom is -0.494 e. The summed E-state index contributed by atoms with van der Waals surface area (Å²) in [7, 11) is 0. The molecule has 38 heavy (non-hydrogen) atoms. The van der Waals surface area contributed by atoms with Crippen LogP contribution in [0, 0.1) is 13.8 Å². The third-order valence-corrected chi connectivity index (χ3v) is 7.64. The molecule has 0 aromatic heterocycles. The summed E-state index contributed by atoms with van der Waals surface area (Å²) >= 11 is 1.30. The fourth-order valence-electron chi connectivity index (χ4n) is 4.44. The molecule has 2 aliphatic heterocycles. The first-order valence-corrected chi connectivity index (χ1v) is 13.6. The third-order valence-electron chi connectivity index (χ3n) is 6.50. The number of amides is 2. The number of hydrogen-bond donors (Lipinski definition) is 1. The van der Waals surface area contributed by atoms with E-state index in [0.29, 0.717) is 23.9 Å². The third kappa shape index (κ3) is 5.81. The molecule has 0 fully saturated rings. The first-order valence-electron chi connectivity index (χ1n) is 12.7. The van der Waals surface area contributed by atoms with Gasteiger partial charge in [0.1, 0.15) is 11.0 Å². The van der Waals surface area contributed by atoms with Crippen LogP contribution in [0.4, 0.5) is 5.69 Å². The van der Waals surface area contributed by atoms with Crippen molar-refractivity contribution < 1.29 is 14.3 Å². The monoisotopic (exact) mass is 526 g/mol. The van der Waals surface area contributed by atoms with E-state index in [9.17, 15) is 9.59 Å². The number of ether oxygens (including phenoxy) is 1. The van der Waals surface area contributed by atoms with Gasteiger partial charge in [0.15, 0.2) is 5.17 Å². The maximum absolute atomic E-state index is 12.8. The summed E-state index contributed by atoms with van der Waals surface area (Å²) in [5, 5.41) is 9.58. The van der Waals surface area contributed by atoms with Crippen molar-refractivity contribution in [1.29, 1.82) is 0 Å². The number of rotatable bonds is 7. The largest absolute Gasteiger partial charge is 0.494 e. The molecule has 2 atom stereocenters. The van der Waals surface area contributed by atoms with E-state index in [1.54, 1.807) is 24.3 Å². The van der Waals surface area contributed by atoms with Crippen molar-refractivity contribution in [2.75, 3.05) is 11.9 Å². The summed E-state index contributed by atoms with van der Waals surface area (Å²) in [5.74, 6) is 0.190. The zero-order chi connectivity index (χ0) is 26.6. The summed E-state index contributed by atoms with van der Waals surface area (Å²) in [6.45, 7) is 6.61. The average molecular weight is 527 g/mol. The fraction of sp³-hybridized carbons (Fsp3) is 0.267. The predicted molar refractivity (Wildman–Crippen MR) is 153 cm³/mol. The number of benzene rings is 3. The van der Waals surface area contributed by atoms with E-state index in [4.69, 9.17) is 9.84 Å². The molecule has 2 heterocycles. The van der Waals surface area contributed by atoms with Gasteiger partial charge in [0.05, 0.1) is 18.4 Å². The topological polar surface area (TPSA) is 83.4 Å². The van der Waals surface area contributed by atoms with Gasteiger partial charge in [0, 0.05) is 18.5 Å². The highest BCUT2D eigenvalue weighted by Crippen LogP contribution is 2.38. The summed E-state index contributed by atoms with van der Waals surface area (Å²) in [4.78, 5) is 29.9. The Morgan fingerprint density at radius 2 is 1.66 bits per heavy atom. The first-order chi connectivity index (χ1) is 18.4. The van der Waals surface area contributed by atoms with Gasteiger partial charge in [0.25, 0.3) is 5.91 Å². The minimum absolute atomic E-state index is 0.0291. The molecular formula is C30H30N4O3S. The molecule has 0 saturated carbocycles. The SMILES string of the molecule is CCOc1ccc(NC(=O)C[C@H]2SC(N3N=C(c4ccc(C)cc4)C[C@@H]3c3ccc(C)cc3)=NC2=O)cc1. The van der Waals surface area contributed by atoms with Crippen LogP contribution in [-0.4, -0.2) is 39.6 Å². The first kappa shape index (κ1) is 25.7. The Bertz CT molecular complexity index is 1380. The average Bonchev–Trinajstić information content (AvgIpc) is 3.50. The normalized spacial score (nSPS) is 18.8. The number of hydrogen-bond acceptors (Lipinski definition) is 6. The zero-order valence-electron chi connectivity index (χ0n) is 21.7. The van der Waals surface area contributed by atoms with E-state index in [-0.39, 0.29) is 24.3 Å². The van der Waals surface area contributed by atoms with E-state index in [1.807, 2.05) is 11.9 Å². The van der Waals surface area contributed by atoms with Crippen LogP contribution in [0.25, 0.3) is 0 Å². The number of aliphatic imine (C=N–C) groups is 1. The van der Waals surface area contributed by atoms with E-state index in [0.717, 1.165) is 22.6 Å². The van der Waals surface area contributed by atoms with Crippen molar-refractivity contribution in [3.63, 3.8) is 0 Å². The maximum Gasteiger partial charge on any atom is 0.262 e. The zero-order valence-corrected chi connectivity index (χ0v) is 22.5. The Balaban J connectivity index is 1.31. The number of thioether (sulfide) groups is 1. The van der Waals surface area contributed by atoms with Crippen molar-refractivity contribution in [1.82, 2.24) is 5.01 Å². The molecule has 0 bridgehead atoms. The van der Waals surface area contributed by atoms with Crippen LogP contribution in [0.2, 0.25) is 0 Å². The smallest absolute Gasteiger partial charge is 0.262 e. The Labute approximate surface area is 227 Å². The van der Waals surface area contributed by atoms with E-state index in [2.05, 4.69) is 72.7 Å². The standard InChI is InChI=1S/C30H30N4O3S/c1-4-37-24-15-13-23(14-16-24)31-28(35)18-27-29(36)32-30(38-27)34-26(22-11-7-20(3)8-12-22)17-25(33-34)21-9-5-19(2)6-10-21/h5-16,26-27H,4,17-18H2,1-3H3,(H,31,35)/t26-,27-/m1/s1. The Hall–Kier alpha value is -3.91. The van der Waals surface area contributed by atoms with Crippen LogP contribution in [0.1, 0.15) is 48.1 Å². The van der Waals surface area contributed by atoms with Gasteiger partial charge in [-0.05, 0) is 56.2 Å². The molecule has 0 aliphatic carbocycles. The van der Waals surface area contributed by atoms with Crippen LogP contribution in [0.3, 0.4) is 0 Å². The maximum atomic E-state index is 12.8. The van der Waals surface area contributed by atoms with E-state index >= 15 is 0 Å². The summed E-state index contributed by atoms with van der Waals surface area (Å²) in [6.07, 6.45) is 0.726. The molecule has 0 saturated heterocycles. The molecule has 3 aromatic carbocycles. The van der Waals surface area contributed by atoms with Crippen LogP contribution < -0.4 is 10.1 Å². The molecule has 0 spiro atoms. The summed E-state index contributed by atoms with van der Waals surface area (Å²) in [6, 6.07) is 23.8. The van der Waals surface area contributed by atoms with Gasteiger partial charge in [-0.25, -0.2) is 5.01 Å². The van der Waals surface area contributed by atoms with Crippen molar-refractivity contribution in [2.45, 2.75) is 44.9 Å². The van der Waals surface area contributed by atoms with Crippen LogP contribution in [0.5, 0.6) is 5.75 Å². The Morgan fingerprint density at radius 1 is 1.00 bits per heavy atom. The van der Waals surface area contributed by atoms with E-state index < -0.39 is 5.25 Å². The lowest BCUT2D eigenvalue weighted by Gasteiger charge is -2.23. The highest BCUT2D eigenvalue weighted by atomic mass is 32.2. The minimum atomic E-state index is -0.593. The summed E-state index contributed by atoms with van der Waals surface area (Å²) < 4.78 is 5.44. The van der Waals surface area contributed by atoms with Crippen molar-refractivity contribution in [2.24, 2.45) is 10.1 Å². The second kappa shape index (κ2) is 11.2. The molecule has 7 nitrogen and oxygen atoms in total. The molecule has 2 amide bonds. The Kier molecular flexibility index (Phi) is 7.60. The van der Waals surface area contributed by atoms with Gasteiger partial charge in [-0.2, -0.15) is 10.1 Å². The van der Waals surface area contributed by atoms with Crippen molar-refractivity contribution >= 4 is 40.1 Å². The molecule has 2 aliphatic rings. The number of hydrazone groups is 1. The number of anilines is 1. The predicted octanol–water partition coefficient (Wildman–Crippen LogP) is 5.88. The highest BCUT2D eigenvalue weighted by molar-refractivity contribution is 8.15. The van der Waals surface area contributed by atoms with Crippen LogP contribution in [0.15, 0.2) is 82.9 Å². The second-order valence-corrected chi connectivity index (χ2v) is 10.6. The number of carbonyl (C=O) groups is 2. The van der Waals surface area contributed by atoms with E-state index in [1.165, 1.54) is 22.9 Å². The quantitative estimate of drug-likeness (QED) is 0.416. The van der Waals surface area contributed by atoms with Gasteiger partial charge in [-0.3, -0.25) is 9.59 Å². The highest BCUT2D eigenvalue weighted by Gasteiger charge is 2.39. The fourth-order valence-corrected chi connectivity index (χ4v) is 5.50. The van der Waals surface area contributed by atoms with Crippen LogP contribution in [-0.2, 0) is 9.59 Å². The molecule has 5 rings (SSSR count). The van der Waals surface area contributed by atoms with Gasteiger partial charge >= 0.3 is 0 Å². The Morgan fingerprint density at radius 3 is 2.32 bits per heavy atom. The van der Waals surface area contributed by atoms with Crippen molar-refractivity contribution in [3.05, 3.63) is 95.1 Å². The number of nitrogens with one attached hydrogen (secondary N) is 1. The molecular weight excluding hydrogens is 496 g/mol. The number of amidine groups is 1. The number of aryl methyl sites for hydroxylation is 2. The lowest BCUT2D eigenvalue weighted by atomic mass is 9.97. The number of carbonyl (C=O) groups excluding carboxylic acids is 2. The van der Waals surface area contributed by atoms with Crippen LogP contribution >= 0.6 is 11.8 Å². The van der Waals surface area contributed by atoms with Gasteiger partial charge in [-0.1, -0.05) is 71.4 Å². The lowest BCUT2D eigenvalue weighted by molar-refractivity contribution is -0.121.